The Bertz CT molecular complexity index is 3300. The molecule has 0 fully saturated rings. The molecule has 0 bridgehead atoms. The monoisotopic (exact) mass is 562 g/mol. The molecule has 0 unspecified atom stereocenters. The minimum Gasteiger partial charge on any atom is -0.455 e. The zero-order valence-electron chi connectivity index (χ0n) is 38.2. The van der Waals surface area contributed by atoms with Crippen molar-refractivity contribution in [2.75, 3.05) is 0 Å². The first-order valence-electron chi connectivity index (χ1n) is 21.5. The lowest BCUT2D eigenvalue weighted by Gasteiger charge is -2.18. The number of benzene rings is 8. The first kappa shape index (κ1) is 13.1. The number of rotatable bonds is 3. The molecule has 0 aliphatic heterocycles. The molecule has 0 radical (unpaired) electrons. The molecule has 9 aromatic rings. The van der Waals surface area contributed by atoms with Crippen LogP contribution in [0.4, 0.5) is 0 Å². The van der Waals surface area contributed by atoms with E-state index in [-0.39, 0.29) is 38.2 Å². The second-order valence-corrected chi connectivity index (χ2v) is 10.1. The van der Waals surface area contributed by atoms with E-state index in [1.165, 1.54) is 0 Å². The highest BCUT2D eigenvalue weighted by molar-refractivity contribution is 6.23. The second-order valence-electron chi connectivity index (χ2n) is 10.1. The molecule has 43 heavy (non-hydrogen) atoms. The maximum atomic E-state index is 9.53. The van der Waals surface area contributed by atoms with Gasteiger partial charge in [0.05, 0.1) is 21.9 Å². The van der Waals surface area contributed by atoms with Crippen molar-refractivity contribution in [3.8, 4) is 33.4 Å². The molecular weight excluding hydrogens is 520 g/mol. The van der Waals surface area contributed by atoms with E-state index in [9.17, 15) is 8.22 Å². The van der Waals surface area contributed by atoms with Gasteiger partial charge >= 0.3 is 0 Å². The SMILES string of the molecule is [2H]c1cc(-c2c([2H])c([2H])c([2H])c([2H])c2[2H])c([2H])c(-c2c3c([2H])c([2H])c([2H])c([2H])c3c(-c3ccc4oc5c6ccccc6ccc5c4c3)c3c([2H])c([2H])c([2H])c([2H])c23)c1[2H]. The van der Waals surface area contributed by atoms with Gasteiger partial charge in [0.1, 0.15) is 11.2 Å². The van der Waals surface area contributed by atoms with Gasteiger partial charge in [-0.3, -0.25) is 0 Å². The van der Waals surface area contributed by atoms with E-state index in [2.05, 4.69) is 0 Å². The van der Waals surface area contributed by atoms with Gasteiger partial charge in [0.2, 0.25) is 0 Å². The largest absolute Gasteiger partial charge is 0.455 e. The summed E-state index contributed by atoms with van der Waals surface area (Å²) in [6, 6.07) is 6.77. The molecule has 0 spiro atoms. The topological polar surface area (TPSA) is 13.1 Å². The summed E-state index contributed by atoms with van der Waals surface area (Å²) in [5.41, 5.74) is -0.305. The fourth-order valence-electron chi connectivity index (χ4n) is 5.85. The van der Waals surface area contributed by atoms with Crippen molar-refractivity contribution in [2.45, 2.75) is 0 Å². The molecule has 0 atom stereocenters. The van der Waals surface area contributed by atoms with Crippen LogP contribution in [0.25, 0.3) is 87.6 Å². The molecule has 8 aromatic carbocycles. The standard InChI is InChI=1S/C42H26O/c1-2-11-27(12-3-1)29-14-10-15-30(25-29)40-33-17-6-8-19-35(33)41(36-20-9-7-18-34(36)40)31-22-24-39-38(26-31)37-23-21-28-13-4-5-16-32(28)42(37)43-39/h1-26H/i1D,2D,3D,6D,7D,8D,9D,10D,11D,12D,15D,17D,18D,19D,20D,25D. The van der Waals surface area contributed by atoms with Gasteiger partial charge < -0.3 is 4.42 Å². The molecular formula is C42H26O. The smallest absolute Gasteiger partial charge is 0.143 e. The fraction of sp³-hybridized carbons (Fsp3) is 0. The van der Waals surface area contributed by atoms with E-state index in [0.717, 1.165) is 22.2 Å². The van der Waals surface area contributed by atoms with Crippen LogP contribution in [0.2, 0.25) is 0 Å². The Morgan fingerprint density at radius 1 is 0.419 bits per heavy atom. The summed E-state index contributed by atoms with van der Waals surface area (Å²) in [5.74, 6) is 0. The molecule has 0 aliphatic rings. The van der Waals surface area contributed by atoms with E-state index in [4.69, 9.17) is 18.1 Å². The summed E-state index contributed by atoms with van der Waals surface area (Å²) in [5, 5.41) is 2.11. The van der Waals surface area contributed by atoms with Gasteiger partial charge in [-0.15, -0.1) is 0 Å². The minimum atomic E-state index is -0.720. The van der Waals surface area contributed by atoms with Crippen molar-refractivity contribution in [1.82, 2.24) is 0 Å². The van der Waals surface area contributed by atoms with Crippen LogP contribution in [0.3, 0.4) is 0 Å². The fourth-order valence-corrected chi connectivity index (χ4v) is 5.85. The first-order chi connectivity index (χ1) is 28.0. The summed E-state index contributed by atoms with van der Waals surface area (Å²) in [6.45, 7) is 0. The summed E-state index contributed by atoms with van der Waals surface area (Å²) >= 11 is 0. The zero-order chi connectivity index (χ0) is 42.3. The molecule has 0 N–H and O–H groups in total. The Kier molecular flexibility index (Phi) is 2.88. The maximum absolute atomic E-state index is 9.53. The third kappa shape index (κ3) is 3.72. The van der Waals surface area contributed by atoms with Crippen LogP contribution in [0.15, 0.2) is 162 Å². The van der Waals surface area contributed by atoms with Gasteiger partial charge in [-0.2, -0.15) is 0 Å². The molecule has 0 saturated heterocycles. The Balaban J connectivity index is 1.52. The highest BCUT2D eigenvalue weighted by atomic mass is 16.3. The molecule has 1 heterocycles. The molecule has 9 rings (SSSR count). The normalized spacial score (nSPS) is 16.9. The summed E-state index contributed by atoms with van der Waals surface area (Å²) < 4.78 is 148. The van der Waals surface area contributed by atoms with Crippen LogP contribution in [0.5, 0.6) is 0 Å². The zero-order valence-corrected chi connectivity index (χ0v) is 22.2. The summed E-state index contributed by atoms with van der Waals surface area (Å²) in [6.07, 6.45) is 0. The molecule has 0 saturated carbocycles. The highest BCUT2D eigenvalue weighted by Gasteiger charge is 2.18. The van der Waals surface area contributed by atoms with Crippen molar-refractivity contribution in [2.24, 2.45) is 0 Å². The average Bonchev–Trinajstić information content (AvgIpc) is 3.61. The van der Waals surface area contributed by atoms with Crippen molar-refractivity contribution in [3.05, 3.63) is 157 Å². The van der Waals surface area contributed by atoms with Gasteiger partial charge in [0.15, 0.2) is 0 Å². The third-order valence-electron chi connectivity index (χ3n) is 7.72. The van der Waals surface area contributed by atoms with Crippen LogP contribution in [0, 0.1) is 0 Å². The second kappa shape index (κ2) is 9.44. The molecule has 1 nitrogen and oxygen atoms in total. The number of hydrogen-bond donors (Lipinski definition) is 0. The van der Waals surface area contributed by atoms with E-state index >= 15 is 0 Å². The van der Waals surface area contributed by atoms with Crippen LogP contribution in [0.1, 0.15) is 21.9 Å². The summed E-state index contributed by atoms with van der Waals surface area (Å²) in [4.78, 5) is 0. The molecule has 0 aliphatic carbocycles. The Hall–Kier alpha value is -5.66. The third-order valence-corrected chi connectivity index (χ3v) is 7.72. The van der Waals surface area contributed by atoms with E-state index < -0.39 is 108 Å². The molecule has 1 aromatic heterocycles. The predicted molar refractivity (Wildman–Crippen MR) is 183 cm³/mol. The Morgan fingerprint density at radius 3 is 1.81 bits per heavy atom. The maximum Gasteiger partial charge on any atom is 0.143 e. The number of fused-ring (bicyclic) bond motifs is 7. The lowest BCUT2D eigenvalue weighted by molar-refractivity contribution is 0.672. The number of hydrogen-bond acceptors (Lipinski definition) is 1. The summed E-state index contributed by atoms with van der Waals surface area (Å²) in [7, 11) is 0. The lowest BCUT2D eigenvalue weighted by atomic mass is 9.85. The molecule has 1 heteroatoms. The van der Waals surface area contributed by atoms with Crippen LogP contribution >= 0.6 is 0 Å². The minimum absolute atomic E-state index is 0.0146. The predicted octanol–water partition coefficient (Wildman–Crippen LogP) is 12.0. The average molecular weight is 563 g/mol. The van der Waals surface area contributed by atoms with Gasteiger partial charge in [-0.05, 0) is 84.6 Å². The highest BCUT2D eigenvalue weighted by Crippen LogP contribution is 2.45. The van der Waals surface area contributed by atoms with Gasteiger partial charge in [-0.25, -0.2) is 0 Å². The number of furan rings is 1. The van der Waals surface area contributed by atoms with Crippen LogP contribution < -0.4 is 0 Å². The van der Waals surface area contributed by atoms with Crippen LogP contribution in [-0.4, -0.2) is 0 Å². The Morgan fingerprint density at radius 2 is 1.07 bits per heavy atom. The lowest BCUT2D eigenvalue weighted by Crippen LogP contribution is -1.91. The first-order valence-corrected chi connectivity index (χ1v) is 13.5. The Labute approximate surface area is 271 Å². The van der Waals surface area contributed by atoms with Gasteiger partial charge in [-0.1, -0.05) is 133 Å². The quantitative estimate of drug-likeness (QED) is 0.195. The van der Waals surface area contributed by atoms with E-state index in [1.807, 2.05) is 36.4 Å². The molecule has 200 valence electrons. The molecule has 0 amide bonds. The van der Waals surface area contributed by atoms with Crippen molar-refractivity contribution in [3.63, 3.8) is 0 Å². The van der Waals surface area contributed by atoms with Gasteiger partial charge in [0.25, 0.3) is 0 Å². The van der Waals surface area contributed by atoms with E-state index in [1.54, 1.807) is 18.2 Å². The van der Waals surface area contributed by atoms with Crippen LogP contribution in [-0.2, 0) is 0 Å². The van der Waals surface area contributed by atoms with Crippen molar-refractivity contribution in [1.29, 1.82) is 0 Å². The van der Waals surface area contributed by atoms with Gasteiger partial charge in [0, 0.05) is 16.2 Å². The van der Waals surface area contributed by atoms with E-state index in [0.29, 0.717) is 22.1 Å². The van der Waals surface area contributed by atoms with Crippen molar-refractivity contribution < 1.29 is 26.3 Å². The van der Waals surface area contributed by atoms with Crippen molar-refractivity contribution >= 4 is 54.3 Å².